The van der Waals surface area contributed by atoms with Gasteiger partial charge in [0.2, 0.25) is 0 Å². The maximum Gasteiger partial charge on any atom is 0.252 e. The fourth-order valence-corrected chi connectivity index (χ4v) is 1.91. The molecule has 6 nitrogen and oxygen atoms in total. The fourth-order valence-electron chi connectivity index (χ4n) is 1.91. The largest absolute Gasteiger partial charge is 0.370 e. The molecule has 0 bridgehead atoms. The number of guanidine groups is 1. The Hall–Kier alpha value is -2.89. The standard InChI is InChI=1S/C14H13N4O2/c15-14(16)18-10-7-9-3-1-2-4-11(9)12(8-10)13(20)17-5-6-19/h1-8H,(H,17,20)(H4,15,16,18). The summed E-state index contributed by atoms with van der Waals surface area (Å²) in [6.45, 7) is 1.03. The molecule has 20 heavy (non-hydrogen) atoms. The van der Waals surface area contributed by atoms with E-state index in [2.05, 4.69) is 10.6 Å². The zero-order chi connectivity index (χ0) is 14.5. The van der Waals surface area contributed by atoms with Crippen LogP contribution in [0, 0.1) is 12.0 Å². The second kappa shape index (κ2) is 5.83. The number of hydrogen-bond donors (Lipinski definition) is 4. The number of carbonyl (C=O) groups is 2. The Labute approximate surface area is 115 Å². The van der Waals surface area contributed by atoms with Crippen LogP contribution < -0.4 is 16.4 Å². The third-order valence-electron chi connectivity index (χ3n) is 2.67. The first-order chi connectivity index (χ1) is 9.61. The first-order valence-corrected chi connectivity index (χ1v) is 5.83. The third kappa shape index (κ3) is 2.92. The minimum atomic E-state index is -0.402. The van der Waals surface area contributed by atoms with Gasteiger partial charge in [-0.25, -0.2) is 0 Å². The predicted molar refractivity (Wildman–Crippen MR) is 77.3 cm³/mol. The van der Waals surface area contributed by atoms with E-state index in [1.54, 1.807) is 12.1 Å². The van der Waals surface area contributed by atoms with E-state index in [1.807, 2.05) is 24.3 Å². The number of benzene rings is 2. The SMILES string of the molecule is N=C(N)Nc1cc(C(=O)N[CH]C=O)c2ccccc2c1. The lowest BCUT2D eigenvalue weighted by atomic mass is 10.0. The summed E-state index contributed by atoms with van der Waals surface area (Å²) in [7, 11) is 0. The van der Waals surface area contributed by atoms with Gasteiger partial charge in [0.1, 0.15) is 12.8 Å². The molecule has 0 spiro atoms. The highest BCUT2D eigenvalue weighted by molar-refractivity contribution is 6.10. The van der Waals surface area contributed by atoms with Crippen molar-refractivity contribution < 1.29 is 9.59 Å². The summed E-state index contributed by atoms with van der Waals surface area (Å²) in [5, 5.41) is 13.8. The molecule has 0 atom stereocenters. The van der Waals surface area contributed by atoms with Gasteiger partial charge in [0.25, 0.3) is 5.91 Å². The Kier molecular flexibility index (Phi) is 3.95. The average molecular weight is 269 g/mol. The number of carbonyl (C=O) groups excluding carboxylic acids is 2. The number of nitrogens with two attached hydrogens (primary N) is 1. The van der Waals surface area contributed by atoms with Crippen LogP contribution in [0.1, 0.15) is 10.4 Å². The van der Waals surface area contributed by atoms with E-state index in [0.29, 0.717) is 17.5 Å². The first-order valence-electron chi connectivity index (χ1n) is 5.83. The zero-order valence-corrected chi connectivity index (χ0v) is 10.5. The number of fused-ring (bicyclic) bond motifs is 1. The van der Waals surface area contributed by atoms with Crippen molar-refractivity contribution in [2.45, 2.75) is 0 Å². The molecule has 0 unspecified atom stereocenters. The summed E-state index contributed by atoms with van der Waals surface area (Å²) in [5.74, 6) is -0.619. The smallest absolute Gasteiger partial charge is 0.252 e. The van der Waals surface area contributed by atoms with Crippen LogP contribution in [0.2, 0.25) is 0 Å². The van der Waals surface area contributed by atoms with Gasteiger partial charge in [0.05, 0.1) is 0 Å². The highest BCUT2D eigenvalue weighted by Gasteiger charge is 2.11. The predicted octanol–water partition coefficient (Wildman–Crippen LogP) is 1.24. The summed E-state index contributed by atoms with van der Waals surface area (Å²) >= 11 is 0. The first kappa shape index (κ1) is 13.5. The Morgan fingerprint density at radius 1 is 1.25 bits per heavy atom. The Balaban J connectivity index is 2.51. The van der Waals surface area contributed by atoms with E-state index in [1.165, 1.54) is 0 Å². The molecule has 1 amide bonds. The molecule has 0 aliphatic carbocycles. The molecular weight excluding hydrogens is 256 g/mol. The Morgan fingerprint density at radius 2 is 2.00 bits per heavy atom. The van der Waals surface area contributed by atoms with E-state index in [4.69, 9.17) is 11.1 Å². The Bertz CT molecular complexity index is 682. The molecule has 0 aliphatic rings. The highest BCUT2D eigenvalue weighted by Crippen LogP contribution is 2.24. The fraction of sp³-hybridized carbons (Fsp3) is 0. The van der Waals surface area contributed by atoms with Crippen LogP contribution in [0.4, 0.5) is 5.69 Å². The van der Waals surface area contributed by atoms with Crippen LogP contribution >= 0.6 is 0 Å². The van der Waals surface area contributed by atoms with Crippen LogP contribution in [0.5, 0.6) is 0 Å². The molecular formula is C14H13N4O2. The molecule has 5 N–H and O–H groups in total. The van der Waals surface area contributed by atoms with Crippen molar-refractivity contribution in [2.75, 3.05) is 5.32 Å². The molecule has 1 radical (unpaired) electrons. The lowest BCUT2D eigenvalue weighted by molar-refractivity contribution is -0.105. The van der Waals surface area contributed by atoms with E-state index < -0.39 is 5.91 Å². The molecule has 0 fully saturated rings. The number of anilines is 1. The number of amides is 1. The van der Waals surface area contributed by atoms with Gasteiger partial charge in [-0.15, -0.1) is 0 Å². The molecule has 0 saturated heterocycles. The van der Waals surface area contributed by atoms with E-state index in [0.717, 1.165) is 17.3 Å². The summed E-state index contributed by atoms with van der Waals surface area (Å²) in [5.41, 5.74) is 6.22. The number of nitrogens with one attached hydrogen (secondary N) is 3. The topological polar surface area (TPSA) is 108 Å². The summed E-state index contributed by atoms with van der Waals surface area (Å²) in [4.78, 5) is 22.3. The lowest BCUT2D eigenvalue weighted by Gasteiger charge is -2.10. The molecule has 0 aliphatic heterocycles. The second-order valence-electron chi connectivity index (χ2n) is 4.06. The van der Waals surface area contributed by atoms with Gasteiger partial charge in [-0.05, 0) is 22.9 Å². The molecule has 0 saturated carbocycles. The van der Waals surface area contributed by atoms with Gasteiger partial charge < -0.3 is 21.2 Å². The van der Waals surface area contributed by atoms with Crippen molar-refractivity contribution >= 4 is 34.6 Å². The monoisotopic (exact) mass is 269 g/mol. The van der Waals surface area contributed by atoms with Gasteiger partial charge in [-0.2, -0.15) is 0 Å². The minimum Gasteiger partial charge on any atom is -0.370 e. The van der Waals surface area contributed by atoms with Gasteiger partial charge in [-0.3, -0.25) is 10.2 Å². The molecule has 2 aromatic carbocycles. The normalized spacial score (nSPS) is 10.0. The second-order valence-corrected chi connectivity index (χ2v) is 4.06. The number of aldehydes is 1. The van der Waals surface area contributed by atoms with Gasteiger partial charge in [-0.1, -0.05) is 24.3 Å². The quantitative estimate of drug-likeness (QED) is 0.380. The average Bonchev–Trinajstić information content (AvgIpc) is 2.43. The van der Waals surface area contributed by atoms with Crippen LogP contribution in [0.25, 0.3) is 10.8 Å². The third-order valence-corrected chi connectivity index (χ3v) is 2.67. The molecule has 0 heterocycles. The molecule has 6 heteroatoms. The zero-order valence-electron chi connectivity index (χ0n) is 10.5. The van der Waals surface area contributed by atoms with Crippen LogP contribution in [-0.4, -0.2) is 18.2 Å². The van der Waals surface area contributed by atoms with Crippen LogP contribution in [0.15, 0.2) is 36.4 Å². The summed E-state index contributed by atoms with van der Waals surface area (Å²) in [6.07, 6.45) is 0.498. The Morgan fingerprint density at radius 3 is 2.70 bits per heavy atom. The van der Waals surface area contributed by atoms with Crippen LogP contribution in [0.3, 0.4) is 0 Å². The van der Waals surface area contributed by atoms with Crippen molar-refractivity contribution in [3.63, 3.8) is 0 Å². The maximum absolute atomic E-state index is 12.0. The maximum atomic E-state index is 12.0. The van der Waals surface area contributed by atoms with Crippen molar-refractivity contribution in [3.8, 4) is 0 Å². The van der Waals surface area contributed by atoms with E-state index in [9.17, 15) is 9.59 Å². The van der Waals surface area contributed by atoms with Crippen molar-refractivity contribution in [3.05, 3.63) is 48.5 Å². The van der Waals surface area contributed by atoms with Gasteiger partial charge >= 0.3 is 0 Å². The van der Waals surface area contributed by atoms with Crippen molar-refractivity contribution in [2.24, 2.45) is 5.73 Å². The minimum absolute atomic E-state index is 0.217. The summed E-state index contributed by atoms with van der Waals surface area (Å²) < 4.78 is 0. The molecule has 0 aromatic heterocycles. The van der Waals surface area contributed by atoms with Gasteiger partial charge in [0, 0.05) is 11.3 Å². The summed E-state index contributed by atoms with van der Waals surface area (Å²) in [6, 6.07) is 10.7. The molecule has 101 valence electrons. The highest BCUT2D eigenvalue weighted by atomic mass is 16.2. The van der Waals surface area contributed by atoms with Crippen LogP contribution in [-0.2, 0) is 4.79 Å². The van der Waals surface area contributed by atoms with E-state index in [-0.39, 0.29) is 5.96 Å². The van der Waals surface area contributed by atoms with Crippen molar-refractivity contribution in [1.82, 2.24) is 5.32 Å². The van der Waals surface area contributed by atoms with Crippen molar-refractivity contribution in [1.29, 1.82) is 5.41 Å². The lowest BCUT2D eigenvalue weighted by Crippen LogP contribution is -2.23. The molecule has 2 rings (SSSR count). The van der Waals surface area contributed by atoms with E-state index >= 15 is 0 Å². The number of hydrogen-bond acceptors (Lipinski definition) is 3. The van der Waals surface area contributed by atoms with Gasteiger partial charge in [0.15, 0.2) is 5.96 Å². The molecule has 2 aromatic rings. The number of rotatable bonds is 4.